The normalized spacial score (nSPS) is 18.0. The van der Waals surface area contributed by atoms with Crippen LogP contribution in [0.3, 0.4) is 0 Å². The smallest absolute Gasteiger partial charge is 0.259 e. The standard InChI is InChI=1S/C14H15N3OS3/c18-12-7-9(8-20-14-15-5-6-19-14)16-13-17(12)10-3-1-2-4-11(10)21-13/h7H,1-6,8H2. The van der Waals surface area contributed by atoms with Gasteiger partial charge in [-0.25, -0.2) is 4.98 Å². The van der Waals surface area contributed by atoms with E-state index in [9.17, 15) is 4.79 Å². The minimum Gasteiger partial charge on any atom is -0.271 e. The van der Waals surface area contributed by atoms with Crippen LogP contribution >= 0.6 is 34.9 Å². The van der Waals surface area contributed by atoms with Gasteiger partial charge in [-0.2, -0.15) is 0 Å². The highest BCUT2D eigenvalue weighted by molar-refractivity contribution is 8.38. The van der Waals surface area contributed by atoms with E-state index in [1.807, 2.05) is 4.40 Å². The second-order valence-electron chi connectivity index (χ2n) is 5.17. The first-order chi connectivity index (χ1) is 10.3. The average molecular weight is 337 g/mol. The molecule has 0 spiro atoms. The van der Waals surface area contributed by atoms with Crippen molar-refractivity contribution < 1.29 is 0 Å². The molecule has 1 aliphatic carbocycles. The third-order valence-corrected chi connectivity index (χ3v) is 7.14. The largest absolute Gasteiger partial charge is 0.271 e. The van der Waals surface area contributed by atoms with Gasteiger partial charge in [0, 0.05) is 28.1 Å². The van der Waals surface area contributed by atoms with E-state index in [0.29, 0.717) is 0 Å². The molecule has 4 rings (SSSR count). The first kappa shape index (κ1) is 13.8. The van der Waals surface area contributed by atoms with Crippen LogP contribution in [-0.4, -0.2) is 26.1 Å². The summed E-state index contributed by atoms with van der Waals surface area (Å²) in [5.41, 5.74) is 2.16. The monoisotopic (exact) mass is 337 g/mol. The Morgan fingerprint density at radius 2 is 2.24 bits per heavy atom. The van der Waals surface area contributed by atoms with Crippen molar-refractivity contribution in [3.05, 3.63) is 32.7 Å². The second-order valence-corrected chi connectivity index (χ2v) is 8.54. The van der Waals surface area contributed by atoms with Gasteiger partial charge in [-0.1, -0.05) is 23.5 Å². The lowest BCUT2D eigenvalue weighted by molar-refractivity contribution is 0.670. The van der Waals surface area contributed by atoms with E-state index < -0.39 is 0 Å². The van der Waals surface area contributed by atoms with Crippen LogP contribution in [0.5, 0.6) is 0 Å². The van der Waals surface area contributed by atoms with Gasteiger partial charge in [0.1, 0.15) is 4.38 Å². The first-order valence-corrected chi connectivity index (χ1v) is 9.93. The van der Waals surface area contributed by atoms with Gasteiger partial charge in [-0.05, 0) is 25.7 Å². The molecule has 0 aromatic carbocycles. The molecule has 0 unspecified atom stereocenters. The van der Waals surface area contributed by atoms with Gasteiger partial charge in [-0.15, -0.1) is 11.3 Å². The maximum absolute atomic E-state index is 12.4. The van der Waals surface area contributed by atoms with Crippen LogP contribution in [0.2, 0.25) is 0 Å². The fourth-order valence-corrected chi connectivity index (χ4v) is 5.89. The number of aliphatic imine (C=N–C) groups is 1. The SMILES string of the molecule is O=c1cc(CSC2=NCCS2)nc2sc3c(n12)CCCC3. The van der Waals surface area contributed by atoms with Crippen molar-refractivity contribution in [2.45, 2.75) is 31.4 Å². The van der Waals surface area contributed by atoms with Crippen molar-refractivity contribution in [1.29, 1.82) is 0 Å². The van der Waals surface area contributed by atoms with Crippen LogP contribution < -0.4 is 5.56 Å². The molecule has 110 valence electrons. The van der Waals surface area contributed by atoms with E-state index in [-0.39, 0.29) is 5.56 Å². The fourth-order valence-electron chi connectivity index (χ4n) is 2.75. The lowest BCUT2D eigenvalue weighted by atomic mass is 10.0. The summed E-state index contributed by atoms with van der Waals surface area (Å²) in [6.07, 6.45) is 4.52. The van der Waals surface area contributed by atoms with Crippen LogP contribution in [0.4, 0.5) is 0 Å². The number of hydrogen-bond acceptors (Lipinski definition) is 6. The zero-order valence-electron chi connectivity index (χ0n) is 11.5. The van der Waals surface area contributed by atoms with Crippen LogP contribution in [0.25, 0.3) is 4.96 Å². The topological polar surface area (TPSA) is 46.7 Å². The third kappa shape index (κ3) is 2.66. The molecule has 2 aromatic heterocycles. The third-order valence-electron chi connectivity index (χ3n) is 3.72. The van der Waals surface area contributed by atoms with Gasteiger partial charge >= 0.3 is 0 Å². The Labute approximate surface area is 135 Å². The van der Waals surface area contributed by atoms with E-state index in [1.165, 1.54) is 23.4 Å². The molecule has 3 heterocycles. The molecular formula is C14H15N3OS3. The molecule has 0 saturated heterocycles. The lowest BCUT2D eigenvalue weighted by Gasteiger charge is -2.10. The van der Waals surface area contributed by atoms with Crippen molar-refractivity contribution >= 4 is 44.2 Å². The number of aryl methyl sites for hydroxylation is 2. The van der Waals surface area contributed by atoms with E-state index in [0.717, 1.165) is 45.9 Å². The zero-order chi connectivity index (χ0) is 14.2. The predicted octanol–water partition coefficient (Wildman–Crippen LogP) is 2.97. The van der Waals surface area contributed by atoms with E-state index in [1.54, 1.807) is 40.9 Å². The number of aromatic nitrogens is 2. The number of nitrogens with zero attached hydrogens (tertiary/aromatic N) is 3. The van der Waals surface area contributed by atoms with Gasteiger partial charge in [-0.3, -0.25) is 14.2 Å². The van der Waals surface area contributed by atoms with E-state index >= 15 is 0 Å². The predicted molar refractivity (Wildman–Crippen MR) is 92.0 cm³/mol. The Bertz CT molecular complexity index is 778. The van der Waals surface area contributed by atoms with Crippen molar-refractivity contribution in [2.75, 3.05) is 12.3 Å². The van der Waals surface area contributed by atoms with Crippen molar-refractivity contribution in [2.24, 2.45) is 4.99 Å². The molecule has 0 saturated carbocycles. The van der Waals surface area contributed by atoms with E-state index in [2.05, 4.69) is 4.99 Å². The minimum atomic E-state index is 0.0796. The van der Waals surface area contributed by atoms with Crippen molar-refractivity contribution in [3.63, 3.8) is 0 Å². The molecule has 0 bridgehead atoms. The quantitative estimate of drug-likeness (QED) is 0.845. The van der Waals surface area contributed by atoms with Gasteiger partial charge in [0.2, 0.25) is 0 Å². The Morgan fingerprint density at radius 3 is 3.10 bits per heavy atom. The Morgan fingerprint density at radius 1 is 1.33 bits per heavy atom. The molecule has 0 amide bonds. The average Bonchev–Trinajstić information content (AvgIpc) is 3.12. The molecular weight excluding hydrogens is 322 g/mol. The molecule has 2 aliphatic rings. The molecule has 4 nitrogen and oxygen atoms in total. The summed E-state index contributed by atoms with van der Waals surface area (Å²) in [5, 5.41) is 0. The van der Waals surface area contributed by atoms with Crippen LogP contribution in [0.15, 0.2) is 15.9 Å². The summed E-state index contributed by atoms with van der Waals surface area (Å²) in [7, 11) is 0. The maximum Gasteiger partial charge on any atom is 0.259 e. The highest BCUT2D eigenvalue weighted by atomic mass is 32.2. The lowest BCUT2D eigenvalue weighted by Crippen LogP contribution is -2.17. The maximum atomic E-state index is 12.4. The number of fused-ring (bicyclic) bond motifs is 3. The molecule has 0 N–H and O–H groups in total. The van der Waals surface area contributed by atoms with Gasteiger partial charge in [0.15, 0.2) is 4.96 Å². The molecule has 21 heavy (non-hydrogen) atoms. The molecule has 2 aromatic rings. The summed E-state index contributed by atoms with van der Waals surface area (Å²) >= 11 is 5.19. The number of thiazole rings is 1. The Hall–Kier alpha value is -0.790. The Kier molecular flexibility index (Phi) is 3.81. The van der Waals surface area contributed by atoms with Gasteiger partial charge in [0.05, 0.1) is 12.2 Å². The molecule has 0 radical (unpaired) electrons. The molecule has 1 aliphatic heterocycles. The molecule has 0 fully saturated rings. The first-order valence-electron chi connectivity index (χ1n) is 7.14. The fraction of sp³-hybridized carbons (Fsp3) is 0.500. The summed E-state index contributed by atoms with van der Waals surface area (Å²) in [5.74, 6) is 1.81. The van der Waals surface area contributed by atoms with E-state index in [4.69, 9.17) is 4.98 Å². The molecule has 0 atom stereocenters. The summed E-state index contributed by atoms with van der Waals surface area (Å²) in [4.78, 5) is 23.8. The highest BCUT2D eigenvalue weighted by Gasteiger charge is 2.18. The van der Waals surface area contributed by atoms with Gasteiger partial charge in [0.25, 0.3) is 5.56 Å². The van der Waals surface area contributed by atoms with Crippen molar-refractivity contribution in [3.8, 4) is 0 Å². The van der Waals surface area contributed by atoms with Crippen LogP contribution in [0.1, 0.15) is 29.1 Å². The zero-order valence-corrected chi connectivity index (χ0v) is 14.0. The van der Waals surface area contributed by atoms with Crippen LogP contribution in [-0.2, 0) is 18.6 Å². The number of rotatable bonds is 2. The van der Waals surface area contributed by atoms with Crippen LogP contribution in [0, 0.1) is 0 Å². The number of hydrogen-bond donors (Lipinski definition) is 0. The van der Waals surface area contributed by atoms with Crippen molar-refractivity contribution in [1.82, 2.24) is 9.38 Å². The number of thioether (sulfide) groups is 2. The summed E-state index contributed by atoms with van der Waals surface area (Å²) < 4.78 is 2.96. The van der Waals surface area contributed by atoms with Gasteiger partial charge < -0.3 is 0 Å². The molecule has 7 heteroatoms. The highest BCUT2D eigenvalue weighted by Crippen LogP contribution is 2.29. The Balaban J connectivity index is 1.67. The second kappa shape index (κ2) is 5.78. The summed E-state index contributed by atoms with van der Waals surface area (Å²) in [6.45, 7) is 0.916. The minimum absolute atomic E-state index is 0.0796. The summed E-state index contributed by atoms with van der Waals surface area (Å²) in [6, 6.07) is 1.70.